The molecule has 7 heteroatoms. The van der Waals surface area contributed by atoms with Gasteiger partial charge in [0.2, 0.25) is 0 Å². The summed E-state index contributed by atoms with van der Waals surface area (Å²) < 4.78 is 0. The van der Waals surface area contributed by atoms with Crippen molar-refractivity contribution in [3.63, 3.8) is 0 Å². The molecule has 0 atom stereocenters. The van der Waals surface area contributed by atoms with Gasteiger partial charge in [-0.25, -0.2) is 0 Å². The van der Waals surface area contributed by atoms with Gasteiger partial charge in [0.15, 0.2) is 0 Å². The maximum atomic E-state index is 11.1. The zero-order chi connectivity index (χ0) is 17.0. The monoisotopic (exact) mass is 312 g/mol. The summed E-state index contributed by atoms with van der Waals surface area (Å²) in [7, 11) is 3.45. The van der Waals surface area contributed by atoms with Crippen molar-refractivity contribution < 1.29 is 14.8 Å². The summed E-state index contributed by atoms with van der Waals surface area (Å²) in [5.41, 5.74) is 1.45. The summed E-state index contributed by atoms with van der Waals surface area (Å²) in [6.45, 7) is 0. The molecule has 7 nitrogen and oxygen atoms in total. The third-order valence-corrected chi connectivity index (χ3v) is 3.12. The Hall–Kier alpha value is -3.22. The van der Waals surface area contributed by atoms with Gasteiger partial charge in [-0.3, -0.25) is 15.1 Å². The number of hydrogen-bond acceptors (Lipinski definition) is 6. The lowest BCUT2D eigenvalue weighted by Gasteiger charge is -2.12. The van der Waals surface area contributed by atoms with Crippen molar-refractivity contribution in [2.75, 3.05) is 19.0 Å². The lowest BCUT2D eigenvalue weighted by atomic mass is 10.1. The molecule has 0 saturated heterocycles. The largest absolute Gasteiger partial charge is 0.545 e. The van der Waals surface area contributed by atoms with Gasteiger partial charge in [-0.05, 0) is 29.3 Å². The summed E-state index contributed by atoms with van der Waals surface area (Å²) in [6.07, 6.45) is 1.45. The molecular formula is C16H14N3O4-. The Bertz CT molecular complexity index is 785. The van der Waals surface area contributed by atoms with Gasteiger partial charge in [0.05, 0.1) is 16.6 Å². The third kappa shape index (κ3) is 3.91. The molecule has 0 aromatic heterocycles. The van der Waals surface area contributed by atoms with Crippen molar-refractivity contribution in [1.82, 2.24) is 0 Å². The van der Waals surface area contributed by atoms with Crippen LogP contribution in [-0.2, 0) is 0 Å². The number of nitro groups is 1. The molecule has 0 aliphatic carbocycles. The number of aliphatic imine (C=N–C) groups is 1. The first-order valence-electron chi connectivity index (χ1n) is 6.69. The number of rotatable bonds is 5. The van der Waals surface area contributed by atoms with Crippen molar-refractivity contribution in [1.29, 1.82) is 0 Å². The maximum absolute atomic E-state index is 11.1. The first kappa shape index (κ1) is 16.2. The van der Waals surface area contributed by atoms with E-state index in [1.807, 2.05) is 0 Å². The number of carboxylic acids is 1. The molecule has 0 saturated carbocycles. The van der Waals surface area contributed by atoms with Gasteiger partial charge in [-0.2, -0.15) is 0 Å². The van der Waals surface area contributed by atoms with Gasteiger partial charge < -0.3 is 14.8 Å². The molecule has 23 heavy (non-hydrogen) atoms. The van der Waals surface area contributed by atoms with E-state index in [1.54, 1.807) is 43.3 Å². The maximum Gasteiger partial charge on any atom is 0.293 e. The van der Waals surface area contributed by atoms with Crippen molar-refractivity contribution >= 4 is 29.2 Å². The minimum Gasteiger partial charge on any atom is -0.545 e. The van der Waals surface area contributed by atoms with Crippen molar-refractivity contribution in [3.8, 4) is 0 Å². The second-order valence-electron chi connectivity index (χ2n) is 5.00. The molecule has 0 aliphatic rings. The predicted octanol–water partition coefficient (Wildman–Crippen LogP) is 1.77. The fourth-order valence-electron chi connectivity index (χ4n) is 2.01. The van der Waals surface area contributed by atoms with E-state index in [-0.39, 0.29) is 11.3 Å². The Morgan fingerprint density at radius 3 is 2.57 bits per heavy atom. The van der Waals surface area contributed by atoms with Crippen LogP contribution in [0.2, 0.25) is 0 Å². The summed E-state index contributed by atoms with van der Waals surface area (Å²) in [5.74, 6) is -1.28. The van der Waals surface area contributed by atoms with Gasteiger partial charge in [-0.1, -0.05) is 18.2 Å². The first-order valence-corrected chi connectivity index (χ1v) is 6.69. The number of carbonyl (C=O) groups excluding carboxylic acids is 1. The van der Waals surface area contributed by atoms with Gasteiger partial charge in [0.1, 0.15) is 5.69 Å². The van der Waals surface area contributed by atoms with Crippen LogP contribution < -0.4 is 10.0 Å². The molecule has 0 heterocycles. The van der Waals surface area contributed by atoms with Crippen LogP contribution in [0.3, 0.4) is 0 Å². The third-order valence-electron chi connectivity index (χ3n) is 3.12. The van der Waals surface area contributed by atoms with Crippen LogP contribution in [0, 0.1) is 10.1 Å². The van der Waals surface area contributed by atoms with Crippen molar-refractivity contribution in [2.24, 2.45) is 4.99 Å². The Kier molecular flexibility index (Phi) is 4.70. The van der Waals surface area contributed by atoms with Crippen LogP contribution >= 0.6 is 0 Å². The topological polar surface area (TPSA) is 98.9 Å². The number of nitrogens with zero attached hydrogens (tertiary/aromatic N) is 3. The summed E-state index contributed by atoms with van der Waals surface area (Å²) in [4.78, 5) is 27.3. The number of anilines is 1. The van der Waals surface area contributed by atoms with Gasteiger partial charge in [0, 0.05) is 26.4 Å². The van der Waals surface area contributed by atoms with Crippen LogP contribution in [0.5, 0.6) is 0 Å². The highest BCUT2D eigenvalue weighted by atomic mass is 16.6. The smallest absolute Gasteiger partial charge is 0.293 e. The minimum absolute atomic E-state index is 0.0218. The minimum atomic E-state index is -1.28. The highest BCUT2D eigenvalue weighted by Crippen LogP contribution is 2.27. The van der Waals surface area contributed by atoms with E-state index in [9.17, 15) is 20.0 Å². The number of benzene rings is 2. The van der Waals surface area contributed by atoms with Gasteiger partial charge in [0.25, 0.3) is 5.69 Å². The fourth-order valence-corrected chi connectivity index (χ4v) is 2.01. The van der Waals surface area contributed by atoms with Crippen molar-refractivity contribution in [3.05, 3.63) is 63.7 Å². The summed E-state index contributed by atoms with van der Waals surface area (Å²) in [6, 6.07) is 10.7. The molecule has 2 aromatic rings. The highest BCUT2D eigenvalue weighted by molar-refractivity contribution is 5.88. The SMILES string of the molecule is CN(C)c1ccc(C=Nc2cccc(C(=O)[O-])c2)cc1[N+](=O)[O-]. The molecule has 0 amide bonds. The molecule has 0 bridgehead atoms. The number of carbonyl (C=O) groups is 1. The molecule has 0 radical (unpaired) electrons. The number of nitro benzene ring substituents is 1. The Morgan fingerprint density at radius 1 is 1.22 bits per heavy atom. The zero-order valence-electron chi connectivity index (χ0n) is 12.6. The predicted molar refractivity (Wildman–Crippen MR) is 85.4 cm³/mol. The number of carboxylic acid groups (broad SMARTS) is 1. The lowest BCUT2D eigenvalue weighted by Crippen LogP contribution is -2.21. The van der Waals surface area contributed by atoms with E-state index >= 15 is 0 Å². The molecule has 2 rings (SSSR count). The van der Waals surface area contributed by atoms with Crippen LogP contribution in [0.15, 0.2) is 47.5 Å². The number of aromatic carboxylic acids is 1. The van der Waals surface area contributed by atoms with E-state index in [4.69, 9.17) is 0 Å². The molecular weight excluding hydrogens is 298 g/mol. The molecule has 0 fully saturated rings. The Morgan fingerprint density at radius 2 is 1.96 bits per heavy atom. The van der Waals surface area contributed by atoms with Gasteiger partial charge >= 0.3 is 0 Å². The number of hydrogen-bond donors (Lipinski definition) is 0. The van der Waals surface area contributed by atoms with Crippen LogP contribution in [0.4, 0.5) is 17.1 Å². The lowest BCUT2D eigenvalue weighted by molar-refractivity contribution is -0.384. The van der Waals surface area contributed by atoms with E-state index in [2.05, 4.69) is 4.99 Å². The molecule has 0 unspecified atom stereocenters. The Balaban J connectivity index is 2.33. The van der Waals surface area contributed by atoms with E-state index in [0.29, 0.717) is 16.9 Å². The van der Waals surface area contributed by atoms with Crippen LogP contribution in [-0.4, -0.2) is 31.2 Å². The standard InChI is InChI=1S/C16H15N3O4/c1-18(2)14-7-6-11(8-15(14)19(22)23)10-17-13-5-3-4-12(9-13)16(20)21/h3-10H,1-2H3,(H,20,21)/p-1. The van der Waals surface area contributed by atoms with Crippen LogP contribution in [0.1, 0.15) is 15.9 Å². The van der Waals surface area contributed by atoms with E-state index in [0.717, 1.165) is 0 Å². The molecule has 0 aliphatic heterocycles. The molecule has 118 valence electrons. The quantitative estimate of drug-likeness (QED) is 0.476. The first-order chi connectivity index (χ1) is 10.9. The normalized spacial score (nSPS) is 10.7. The average Bonchev–Trinajstić information content (AvgIpc) is 2.52. The zero-order valence-corrected chi connectivity index (χ0v) is 12.6. The second-order valence-corrected chi connectivity index (χ2v) is 5.00. The van der Waals surface area contributed by atoms with E-state index in [1.165, 1.54) is 24.4 Å². The van der Waals surface area contributed by atoms with Crippen LogP contribution in [0.25, 0.3) is 0 Å². The summed E-state index contributed by atoms with van der Waals surface area (Å²) >= 11 is 0. The van der Waals surface area contributed by atoms with E-state index < -0.39 is 10.9 Å². The second kappa shape index (κ2) is 6.69. The molecule has 0 spiro atoms. The fraction of sp³-hybridized carbons (Fsp3) is 0.125. The van der Waals surface area contributed by atoms with Crippen molar-refractivity contribution in [2.45, 2.75) is 0 Å². The highest BCUT2D eigenvalue weighted by Gasteiger charge is 2.15. The average molecular weight is 312 g/mol. The summed E-state index contributed by atoms with van der Waals surface area (Å²) in [5, 5.41) is 21.9. The molecule has 2 aromatic carbocycles. The molecule has 0 N–H and O–H groups in total. The Labute approximate surface area is 132 Å². The van der Waals surface area contributed by atoms with Gasteiger partial charge in [-0.15, -0.1) is 0 Å².